The fourth-order valence-electron chi connectivity index (χ4n) is 2.19. The Morgan fingerprint density at radius 2 is 1.78 bits per heavy atom. The van der Waals surface area contributed by atoms with E-state index >= 15 is 0 Å². The number of ether oxygens (including phenoxy) is 1. The summed E-state index contributed by atoms with van der Waals surface area (Å²) in [5.74, 6) is 0.117. The average molecular weight is 368 g/mol. The third kappa shape index (κ3) is 4.98. The van der Waals surface area contributed by atoms with Crippen LogP contribution in [0.25, 0.3) is 0 Å². The topological polar surface area (TPSA) is 106 Å². The molecule has 0 fully saturated rings. The first-order valence-electron chi connectivity index (χ1n) is 7.70. The van der Waals surface area contributed by atoms with E-state index in [1.54, 1.807) is 18.3 Å². The van der Waals surface area contributed by atoms with Gasteiger partial charge in [-0.05, 0) is 36.4 Å². The molecule has 0 bridgehead atoms. The quantitative estimate of drug-likeness (QED) is 0.507. The van der Waals surface area contributed by atoms with E-state index in [1.165, 1.54) is 48.7 Å². The predicted molar refractivity (Wildman–Crippen MR) is 96.4 cm³/mol. The molecule has 27 heavy (non-hydrogen) atoms. The second-order valence-corrected chi connectivity index (χ2v) is 5.35. The van der Waals surface area contributed by atoms with Crippen LogP contribution in [-0.2, 0) is 0 Å². The van der Waals surface area contributed by atoms with E-state index in [0.29, 0.717) is 11.4 Å². The molecule has 0 unspecified atom stereocenters. The Kier molecular flexibility index (Phi) is 5.22. The Balaban J connectivity index is 1.78. The summed E-state index contributed by atoms with van der Waals surface area (Å²) in [7, 11) is 0. The molecule has 0 aliphatic rings. The molecule has 2 aromatic carbocycles. The van der Waals surface area contributed by atoms with Gasteiger partial charge in [-0.25, -0.2) is 9.18 Å². The number of nitro groups is 1. The summed E-state index contributed by atoms with van der Waals surface area (Å²) in [4.78, 5) is 26.5. The zero-order valence-corrected chi connectivity index (χ0v) is 13.8. The predicted octanol–water partition coefficient (Wildman–Crippen LogP) is 4.57. The molecule has 0 aliphatic heterocycles. The van der Waals surface area contributed by atoms with Crippen molar-refractivity contribution in [1.82, 2.24) is 4.98 Å². The first kappa shape index (κ1) is 17.8. The van der Waals surface area contributed by atoms with Gasteiger partial charge in [0.05, 0.1) is 22.9 Å². The maximum absolute atomic E-state index is 12.9. The Morgan fingerprint density at radius 1 is 1.04 bits per heavy atom. The van der Waals surface area contributed by atoms with Gasteiger partial charge >= 0.3 is 6.03 Å². The standard InChI is InChI=1S/C18H13FN4O4/c19-12-3-5-13(6-4-12)21-18(24)22-14-8-15(23(25)26)10-17(9-14)27-16-2-1-7-20-11-16/h1-11H,(H2,21,22,24). The molecule has 0 saturated heterocycles. The monoisotopic (exact) mass is 368 g/mol. The Morgan fingerprint density at radius 3 is 2.44 bits per heavy atom. The molecule has 3 rings (SSSR count). The van der Waals surface area contributed by atoms with Gasteiger partial charge in [-0.2, -0.15) is 0 Å². The lowest BCUT2D eigenvalue weighted by atomic mass is 10.2. The lowest BCUT2D eigenvalue weighted by Crippen LogP contribution is -2.19. The van der Waals surface area contributed by atoms with Crippen molar-refractivity contribution in [3.8, 4) is 11.5 Å². The number of benzene rings is 2. The van der Waals surface area contributed by atoms with Gasteiger partial charge in [0, 0.05) is 24.0 Å². The van der Waals surface area contributed by atoms with Gasteiger partial charge in [0.25, 0.3) is 5.69 Å². The van der Waals surface area contributed by atoms with Crippen LogP contribution < -0.4 is 15.4 Å². The van der Waals surface area contributed by atoms with Gasteiger partial charge in [0.15, 0.2) is 0 Å². The van der Waals surface area contributed by atoms with E-state index in [9.17, 15) is 19.3 Å². The van der Waals surface area contributed by atoms with Crippen molar-refractivity contribution < 1.29 is 18.8 Å². The highest BCUT2D eigenvalue weighted by Gasteiger charge is 2.13. The van der Waals surface area contributed by atoms with Crippen LogP contribution in [0.1, 0.15) is 0 Å². The van der Waals surface area contributed by atoms with Gasteiger partial charge in [-0.3, -0.25) is 15.1 Å². The molecule has 136 valence electrons. The Bertz CT molecular complexity index is 965. The number of non-ortho nitro benzene ring substituents is 1. The molecular formula is C18H13FN4O4. The Labute approximate surface area is 152 Å². The molecule has 1 heterocycles. The van der Waals surface area contributed by atoms with Crippen molar-refractivity contribution in [2.75, 3.05) is 10.6 Å². The largest absolute Gasteiger partial charge is 0.455 e. The van der Waals surface area contributed by atoms with Crippen molar-refractivity contribution >= 4 is 23.1 Å². The fraction of sp³-hybridized carbons (Fsp3) is 0. The highest BCUT2D eigenvalue weighted by Crippen LogP contribution is 2.29. The number of anilines is 2. The van der Waals surface area contributed by atoms with Crippen molar-refractivity contribution in [2.24, 2.45) is 0 Å². The SMILES string of the molecule is O=C(Nc1ccc(F)cc1)Nc1cc(Oc2cccnc2)cc([N+](=O)[O-])c1. The number of amides is 2. The normalized spacial score (nSPS) is 10.1. The highest BCUT2D eigenvalue weighted by molar-refractivity contribution is 6.00. The van der Waals surface area contributed by atoms with E-state index < -0.39 is 16.8 Å². The summed E-state index contributed by atoms with van der Waals surface area (Å²) in [6.07, 6.45) is 3.01. The van der Waals surface area contributed by atoms with E-state index in [4.69, 9.17) is 4.74 Å². The smallest absolute Gasteiger partial charge is 0.323 e. The summed E-state index contributed by atoms with van der Waals surface area (Å²) in [6, 6.07) is 11.7. The molecule has 0 saturated carbocycles. The van der Waals surface area contributed by atoms with Gasteiger partial charge in [-0.1, -0.05) is 0 Å². The molecule has 0 atom stereocenters. The van der Waals surface area contributed by atoms with E-state index in [2.05, 4.69) is 15.6 Å². The van der Waals surface area contributed by atoms with Crippen LogP contribution in [-0.4, -0.2) is 15.9 Å². The number of carbonyl (C=O) groups excluding carboxylic acids is 1. The number of nitrogens with zero attached hydrogens (tertiary/aromatic N) is 2. The molecule has 9 heteroatoms. The van der Waals surface area contributed by atoms with E-state index in [-0.39, 0.29) is 17.1 Å². The van der Waals surface area contributed by atoms with Crippen molar-refractivity contribution in [2.45, 2.75) is 0 Å². The second kappa shape index (κ2) is 7.91. The van der Waals surface area contributed by atoms with Gasteiger partial charge in [0.1, 0.15) is 17.3 Å². The van der Waals surface area contributed by atoms with Gasteiger partial charge in [0.2, 0.25) is 0 Å². The first-order valence-corrected chi connectivity index (χ1v) is 7.70. The van der Waals surface area contributed by atoms with Crippen molar-refractivity contribution in [3.05, 3.63) is 82.9 Å². The van der Waals surface area contributed by atoms with Crippen molar-refractivity contribution in [1.29, 1.82) is 0 Å². The van der Waals surface area contributed by atoms with Crippen molar-refractivity contribution in [3.63, 3.8) is 0 Å². The van der Waals surface area contributed by atoms with Crippen LogP contribution in [0.4, 0.5) is 26.2 Å². The minimum Gasteiger partial charge on any atom is -0.455 e. The van der Waals surface area contributed by atoms with E-state index in [1.807, 2.05) is 0 Å². The second-order valence-electron chi connectivity index (χ2n) is 5.35. The minimum atomic E-state index is -0.644. The lowest BCUT2D eigenvalue weighted by molar-refractivity contribution is -0.384. The zero-order valence-electron chi connectivity index (χ0n) is 13.8. The maximum Gasteiger partial charge on any atom is 0.323 e. The number of halogens is 1. The zero-order chi connectivity index (χ0) is 19.2. The minimum absolute atomic E-state index is 0.155. The fourth-order valence-corrected chi connectivity index (χ4v) is 2.19. The molecule has 0 spiro atoms. The highest BCUT2D eigenvalue weighted by atomic mass is 19.1. The van der Waals surface area contributed by atoms with Crippen LogP contribution in [0.15, 0.2) is 67.0 Å². The number of nitro benzene ring substituents is 1. The first-order chi connectivity index (χ1) is 13.0. The molecule has 2 N–H and O–H groups in total. The average Bonchev–Trinajstić information content (AvgIpc) is 2.64. The number of hydrogen-bond donors (Lipinski definition) is 2. The molecule has 1 aromatic heterocycles. The summed E-state index contributed by atoms with van der Waals surface area (Å²) < 4.78 is 18.4. The number of aromatic nitrogens is 1. The third-order valence-electron chi connectivity index (χ3n) is 3.33. The summed E-state index contributed by atoms with van der Waals surface area (Å²) >= 11 is 0. The maximum atomic E-state index is 12.9. The summed E-state index contributed by atoms with van der Waals surface area (Å²) in [5, 5.41) is 16.1. The summed E-state index contributed by atoms with van der Waals surface area (Å²) in [6.45, 7) is 0. The number of hydrogen-bond acceptors (Lipinski definition) is 5. The third-order valence-corrected chi connectivity index (χ3v) is 3.33. The van der Waals surface area contributed by atoms with Crippen LogP contribution >= 0.6 is 0 Å². The molecule has 0 radical (unpaired) electrons. The number of nitrogens with one attached hydrogen (secondary N) is 2. The van der Waals surface area contributed by atoms with E-state index in [0.717, 1.165) is 0 Å². The number of urea groups is 1. The number of pyridine rings is 1. The Hall–Kier alpha value is -4.01. The van der Waals surface area contributed by atoms with Gasteiger partial charge in [-0.15, -0.1) is 0 Å². The molecular weight excluding hydrogens is 355 g/mol. The molecule has 0 aliphatic carbocycles. The van der Waals surface area contributed by atoms with Crippen LogP contribution in [0.2, 0.25) is 0 Å². The van der Waals surface area contributed by atoms with Gasteiger partial charge < -0.3 is 15.4 Å². The lowest BCUT2D eigenvalue weighted by Gasteiger charge is -2.10. The summed E-state index contributed by atoms with van der Waals surface area (Å²) in [5.41, 5.74) is 0.266. The number of carbonyl (C=O) groups is 1. The molecule has 2 amide bonds. The molecule has 3 aromatic rings. The molecule has 8 nitrogen and oxygen atoms in total. The van der Waals surface area contributed by atoms with Crippen LogP contribution in [0.5, 0.6) is 11.5 Å². The van der Waals surface area contributed by atoms with Crippen LogP contribution in [0.3, 0.4) is 0 Å². The number of rotatable bonds is 5. The van der Waals surface area contributed by atoms with Crippen LogP contribution in [0, 0.1) is 15.9 Å².